The van der Waals surface area contributed by atoms with Crippen molar-refractivity contribution < 1.29 is 0 Å². The van der Waals surface area contributed by atoms with Gasteiger partial charge in [-0.25, -0.2) is 0 Å². The molecule has 0 aromatic rings. The highest BCUT2D eigenvalue weighted by molar-refractivity contribution is 4.84. The van der Waals surface area contributed by atoms with Gasteiger partial charge < -0.3 is 10.2 Å². The predicted octanol–water partition coefficient (Wildman–Crippen LogP) is 4.69. The molecule has 2 unspecified atom stereocenters. The summed E-state index contributed by atoms with van der Waals surface area (Å²) in [5, 5.41) is 3.76. The van der Waals surface area contributed by atoms with Crippen LogP contribution in [0.4, 0.5) is 0 Å². The zero-order valence-electron chi connectivity index (χ0n) is 15.3. The Labute approximate surface area is 134 Å². The van der Waals surface area contributed by atoms with Gasteiger partial charge in [-0.1, -0.05) is 41.0 Å². The lowest BCUT2D eigenvalue weighted by Gasteiger charge is -2.38. The third kappa shape index (κ3) is 8.21. The molecule has 1 aliphatic carbocycles. The Bertz CT molecular complexity index is 238. The molecule has 1 N–H and O–H groups in total. The molecule has 1 aliphatic rings. The number of hydrogen-bond donors (Lipinski definition) is 1. The summed E-state index contributed by atoms with van der Waals surface area (Å²) in [4.78, 5) is 2.82. The first-order chi connectivity index (χ1) is 10.0. The van der Waals surface area contributed by atoms with E-state index in [9.17, 15) is 0 Å². The highest BCUT2D eigenvalue weighted by Gasteiger charge is 2.26. The molecule has 1 fully saturated rings. The Morgan fingerprint density at radius 2 is 1.62 bits per heavy atom. The lowest BCUT2D eigenvalue weighted by atomic mass is 9.89. The number of nitrogens with one attached hydrogen (secondary N) is 1. The molecule has 0 radical (unpaired) electrons. The topological polar surface area (TPSA) is 15.3 Å². The van der Waals surface area contributed by atoms with E-state index in [2.05, 4.69) is 44.8 Å². The fraction of sp³-hybridized carbons (Fsp3) is 1.00. The van der Waals surface area contributed by atoms with Gasteiger partial charge in [0.05, 0.1) is 0 Å². The Hall–Kier alpha value is -0.0800. The van der Waals surface area contributed by atoms with Gasteiger partial charge in [-0.3, -0.25) is 0 Å². The van der Waals surface area contributed by atoms with Crippen molar-refractivity contribution in [2.45, 2.75) is 91.6 Å². The van der Waals surface area contributed by atoms with E-state index in [4.69, 9.17) is 0 Å². The number of hydrogen-bond acceptors (Lipinski definition) is 2. The first-order valence-corrected chi connectivity index (χ1v) is 9.50. The minimum atomic E-state index is 0.768. The Balaban J connectivity index is 2.49. The summed E-state index contributed by atoms with van der Waals surface area (Å²) in [7, 11) is 0. The Morgan fingerprint density at radius 1 is 1.00 bits per heavy atom. The van der Waals surface area contributed by atoms with Crippen LogP contribution in [-0.4, -0.2) is 36.6 Å². The molecule has 1 rings (SSSR count). The van der Waals surface area contributed by atoms with E-state index in [0.717, 1.165) is 23.9 Å². The second-order valence-electron chi connectivity index (χ2n) is 7.87. The van der Waals surface area contributed by atoms with Gasteiger partial charge in [0.1, 0.15) is 0 Å². The van der Waals surface area contributed by atoms with Gasteiger partial charge in [-0.2, -0.15) is 0 Å². The van der Waals surface area contributed by atoms with Crippen molar-refractivity contribution in [2.75, 3.05) is 19.6 Å². The molecule has 1 saturated carbocycles. The zero-order valence-corrected chi connectivity index (χ0v) is 15.3. The average Bonchev–Trinajstić information content (AvgIpc) is 2.45. The molecule has 2 atom stereocenters. The Kier molecular flexibility index (Phi) is 9.59. The van der Waals surface area contributed by atoms with Crippen LogP contribution in [0.25, 0.3) is 0 Å². The lowest BCUT2D eigenvalue weighted by molar-refractivity contribution is 0.127. The largest absolute Gasteiger partial charge is 0.314 e. The molecular weight excluding hydrogens is 256 g/mol. The second kappa shape index (κ2) is 10.6. The highest BCUT2D eigenvalue weighted by atomic mass is 15.2. The van der Waals surface area contributed by atoms with Crippen molar-refractivity contribution in [1.29, 1.82) is 0 Å². The van der Waals surface area contributed by atoms with E-state index in [1.54, 1.807) is 0 Å². The molecule has 0 aromatic heterocycles. The van der Waals surface area contributed by atoms with E-state index in [0.29, 0.717) is 0 Å². The lowest BCUT2D eigenvalue weighted by Crippen LogP contribution is -2.45. The van der Waals surface area contributed by atoms with Gasteiger partial charge in [0, 0.05) is 12.1 Å². The first-order valence-electron chi connectivity index (χ1n) is 9.50. The summed E-state index contributed by atoms with van der Waals surface area (Å²) in [6.07, 6.45) is 9.54. The molecule has 0 bridgehead atoms. The molecule has 0 amide bonds. The summed E-state index contributed by atoms with van der Waals surface area (Å²) in [6.45, 7) is 15.5. The quantitative estimate of drug-likeness (QED) is 0.629. The maximum atomic E-state index is 3.76. The Morgan fingerprint density at radius 3 is 2.14 bits per heavy atom. The normalized spacial score (nSPS) is 23.4. The van der Waals surface area contributed by atoms with Crippen molar-refractivity contribution in [2.24, 2.45) is 11.8 Å². The van der Waals surface area contributed by atoms with Crippen LogP contribution < -0.4 is 5.32 Å². The van der Waals surface area contributed by atoms with Crippen LogP contribution in [0.3, 0.4) is 0 Å². The van der Waals surface area contributed by atoms with E-state index < -0.39 is 0 Å². The summed E-state index contributed by atoms with van der Waals surface area (Å²) in [6, 6.07) is 1.59. The van der Waals surface area contributed by atoms with Gasteiger partial charge in [-0.05, 0) is 70.0 Å². The predicted molar refractivity (Wildman–Crippen MR) is 94.8 cm³/mol. The van der Waals surface area contributed by atoms with Crippen LogP contribution in [0, 0.1) is 11.8 Å². The average molecular weight is 297 g/mol. The first kappa shape index (κ1) is 19.0. The van der Waals surface area contributed by atoms with E-state index >= 15 is 0 Å². The second-order valence-corrected chi connectivity index (χ2v) is 7.87. The van der Waals surface area contributed by atoms with Crippen molar-refractivity contribution in [1.82, 2.24) is 10.2 Å². The summed E-state index contributed by atoms with van der Waals surface area (Å²) < 4.78 is 0. The van der Waals surface area contributed by atoms with Gasteiger partial charge in [0.15, 0.2) is 0 Å². The molecule has 0 spiro atoms. The molecule has 126 valence electrons. The SMILES string of the molecule is CCCNC1CCCC(N(CCC(C)C)CCC(C)C)C1. The fourth-order valence-electron chi connectivity index (χ4n) is 3.35. The van der Waals surface area contributed by atoms with Crippen molar-refractivity contribution >= 4 is 0 Å². The molecule has 0 aromatic carbocycles. The van der Waals surface area contributed by atoms with Crippen molar-refractivity contribution in [3.05, 3.63) is 0 Å². The smallest absolute Gasteiger partial charge is 0.0110 e. The minimum absolute atomic E-state index is 0.768. The number of nitrogens with zero attached hydrogens (tertiary/aromatic N) is 1. The summed E-state index contributed by atoms with van der Waals surface area (Å²) in [5.41, 5.74) is 0. The fourth-order valence-corrected chi connectivity index (χ4v) is 3.35. The molecule has 21 heavy (non-hydrogen) atoms. The molecule has 2 nitrogen and oxygen atoms in total. The van der Waals surface area contributed by atoms with Gasteiger partial charge in [0.25, 0.3) is 0 Å². The van der Waals surface area contributed by atoms with E-state index in [1.165, 1.54) is 64.6 Å². The standard InChI is InChI=1S/C19H40N2/c1-6-12-20-18-8-7-9-19(15-18)21(13-10-16(2)3)14-11-17(4)5/h16-20H,6-15H2,1-5H3. The number of rotatable bonds is 10. The van der Waals surface area contributed by atoms with Crippen LogP contribution >= 0.6 is 0 Å². The van der Waals surface area contributed by atoms with Crippen molar-refractivity contribution in [3.63, 3.8) is 0 Å². The van der Waals surface area contributed by atoms with Crippen LogP contribution in [0.5, 0.6) is 0 Å². The third-order valence-electron chi connectivity index (χ3n) is 4.83. The van der Waals surface area contributed by atoms with Gasteiger partial charge in [-0.15, -0.1) is 0 Å². The molecule has 0 aliphatic heterocycles. The van der Waals surface area contributed by atoms with Crippen LogP contribution in [0.1, 0.15) is 79.6 Å². The summed E-state index contributed by atoms with van der Waals surface area (Å²) >= 11 is 0. The van der Waals surface area contributed by atoms with Gasteiger partial charge in [0.2, 0.25) is 0 Å². The summed E-state index contributed by atoms with van der Waals surface area (Å²) in [5.74, 6) is 1.65. The zero-order chi connectivity index (χ0) is 15.7. The van der Waals surface area contributed by atoms with Crippen LogP contribution in [0.15, 0.2) is 0 Å². The van der Waals surface area contributed by atoms with Crippen LogP contribution in [-0.2, 0) is 0 Å². The molecule has 0 heterocycles. The highest BCUT2D eigenvalue weighted by Crippen LogP contribution is 2.24. The van der Waals surface area contributed by atoms with Gasteiger partial charge >= 0.3 is 0 Å². The van der Waals surface area contributed by atoms with Crippen LogP contribution in [0.2, 0.25) is 0 Å². The third-order valence-corrected chi connectivity index (χ3v) is 4.83. The van der Waals surface area contributed by atoms with E-state index in [-0.39, 0.29) is 0 Å². The molecule has 2 heteroatoms. The maximum absolute atomic E-state index is 3.76. The maximum Gasteiger partial charge on any atom is 0.0110 e. The van der Waals surface area contributed by atoms with E-state index in [1.807, 2.05) is 0 Å². The molecule has 0 saturated heterocycles. The van der Waals surface area contributed by atoms with Crippen molar-refractivity contribution in [3.8, 4) is 0 Å². The minimum Gasteiger partial charge on any atom is -0.314 e. The molecular formula is C19H40N2. The monoisotopic (exact) mass is 296 g/mol.